The van der Waals surface area contributed by atoms with Gasteiger partial charge in [-0.3, -0.25) is 4.79 Å². The van der Waals surface area contributed by atoms with Crippen LogP contribution in [-0.2, 0) is 11.2 Å². The largest absolute Gasteiger partial charge is 0.309 e. The van der Waals surface area contributed by atoms with E-state index in [9.17, 15) is 9.59 Å². The molecule has 2 aromatic carbocycles. The Morgan fingerprint density at radius 2 is 1.53 bits per heavy atom. The second-order valence-electron chi connectivity index (χ2n) is 14.5. The molecule has 0 fully saturated rings. The van der Waals surface area contributed by atoms with E-state index >= 15 is 0 Å². The van der Waals surface area contributed by atoms with Crippen LogP contribution in [0.3, 0.4) is 0 Å². The molecule has 1 aromatic heterocycles. The fourth-order valence-electron chi connectivity index (χ4n) is 4.80. The molecule has 2 unspecified atom stereocenters. The average molecular weight is 675 g/mol. The summed E-state index contributed by atoms with van der Waals surface area (Å²) in [7, 11) is 4.27. The van der Waals surface area contributed by atoms with E-state index in [1.165, 1.54) is 11.1 Å². The van der Waals surface area contributed by atoms with Gasteiger partial charge in [0, 0.05) is 24.8 Å². The minimum atomic E-state index is -0.0221. The first-order chi connectivity index (χ1) is 23.2. The zero-order valence-corrected chi connectivity index (χ0v) is 33.5. The van der Waals surface area contributed by atoms with Gasteiger partial charge < -0.3 is 14.6 Å². The number of aryl methyl sites for hydroxylation is 3. The fourth-order valence-corrected chi connectivity index (χ4v) is 4.80. The first-order valence-corrected chi connectivity index (χ1v) is 18.5. The Morgan fingerprint density at radius 3 is 2.04 bits per heavy atom. The van der Waals surface area contributed by atoms with Crippen molar-refractivity contribution in [3.63, 3.8) is 0 Å². The van der Waals surface area contributed by atoms with Crippen LogP contribution in [-0.4, -0.2) is 54.2 Å². The van der Waals surface area contributed by atoms with Crippen LogP contribution in [0.2, 0.25) is 0 Å². The zero-order chi connectivity index (χ0) is 37.4. The summed E-state index contributed by atoms with van der Waals surface area (Å²) in [6.07, 6.45) is 9.52. The Balaban J connectivity index is 0.00000166. The van der Waals surface area contributed by atoms with Crippen molar-refractivity contribution >= 4 is 17.9 Å². The van der Waals surface area contributed by atoms with E-state index in [1.807, 2.05) is 39.5 Å². The molecule has 3 rings (SSSR count). The van der Waals surface area contributed by atoms with Gasteiger partial charge in [-0.25, -0.2) is 9.97 Å². The normalized spacial score (nSPS) is 11.9. The summed E-state index contributed by atoms with van der Waals surface area (Å²) in [5.41, 5.74) is 5.43. The molecule has 0 radical (unpaired) electrons. The summed E-state index contributed by atoms with van der Waals surface area (Å²) < 4.78 is 0. The summed E-state index contributed by atoms with van der Waals surface area (Å²) in [5.74, 6) is 1.72. The molecule has 0 aliphatic rings. The van der Waals surface area contributed by atoms with Gasteiger partial charge in [0.2, 0.25) is 0 Å². The molecular formula is C43H70N4O2. The predicted octanol–water partition coefficient (Wildman–Crippen LogP) is 10.9. The Morgan fingerprint density at radius 1 is 0.898 bits per heavy atom. The summed E-state index contributed by atoms with van der Waals surface area (Å²) >= 11 is 0. The molecule has 2 atom stereocenters. The van der Waals surface area contributed by atoms with E-state index in [-0.39, 0.29) is 5.91 Å². The first-order valence-electron chi connectivity index (χ1n) is 18.5. The highest BCUT2D eigenvalue weighted by Gasteiger charge is 2.22. The maximum absolute atomic E-state index is 13.7. The van der Waals surface area contributed by atoms with Crippen molar-refractivity contribution in [1.82, 2.24) is 14.9 Å². The van der Waals surface area contributed by atoms with Gasteiger partial charge in [-0.2, -0.15) is 0 Å². The number of benzene rings is 2. The van der Waals surface area contributed by atoms with E-state index in [0.29, 0.717) is 41.6 Å². The number of hydrogen-bond donors (Lipinski definition) is 0. The highest BCUT2D eigenvalue weighted by Crippen LogP contribution is 2.28. The van der Waals surface area contributed by atoms with Gasteiger partial charge in [-0.1, -0.05) is 111 Å². The van der Waals surface area contributed by atoms with E-state index in [1.54, 1.807) is 6.20 Å². The second kappa shape index (κ2) is 25.6. The molecular weight excluding hydrogens is 604 g/mol. The highest BCUT2D eigenvalue weighted by molar-refractivity contribution is 6.06. The summed E-state index contributed by atoms with van der Waals surface area (Å²) in [4.78, 5) is 36.1. The topological polar surface area (TPSA) is 66.4 Å². The number of hydrogen-bond acceptors (Lipinski definition) is 5. The molecule has 3 aromatic rings. The van der Waals surface area contributed by atoms with Gasteiger partial charge in [0.05, 0.1) is 11.3 Å². The lowest BCUT2D eigenvalue weighted by atomic mass is 9.89. The number of amides is 1. The van der Waals surface area contributed by atoms with Crippen LogP contribution in [0.1, 0.15) is 140 Å². The zero-order valence-electron chi connectivity index (χ0n) is 33.5. The van der Waals surface area contributed by atoms with E-state index in [2.05, 4.69) is 125 Å². The molecule has 0 N–H and O–H groups in total. The van der Waals surface area contributed by atoms with Gasteiger partial charge >= 0.3 is 0 Å². The monoisotopic (exact) mass is 675 g/mol. The number of anilines is 1. The summed E-state index contributed by atoms with van der Waals surface area (Å²) in [5, 5.41) is 0. The first kappa shape index (κ1) is 45.6. The Kier molecular flexibility index (Phi) is 23.8. The maximum atomic E-state index is 13.7. The summed E-state index contributed by atoms with van der Waals surface area (Å²) in [6.45, 7) is 24.7. The van der Waals surface area contributed by atoms with Crippen molar-refractivity contribution in [2.45, 2.75) is 127 Å². The third-order valence-corrected chi connectivity index (χ3v) is 7.72. The number of rotatable bonds is 15. The highest BCUT2D eigenvalue weighted by atomic mass is 16.2. The van der Waals surface area contributed by atoms with Gasteiger partial charge in [-0.05, 0) is 107 Å². The Hall–Kier alpha value is -3.38. The molecule has 6 heteroatoms. The van der Waals surface area contributed by atoms with E-state index in [0.717, 1.165) is 62.7 Å². The minimum absolute atomic E-state index is 0.0221. The van der Waals surface area contributed by atoms with Crippen molar-refractivity contribution in [3.05, 3.63) is 89.0 Å². The molecule has 1 amide bonds. The molecule has 0 bridgehead atoms. The fraction of sp³-hybridized carbons (Fsp3) is 0.581. The van der Waals surface area contributed by atoms with Gasteiger partial charge in [0.25, 0.3) is 5.91 Å². The molecule has 0 saturated heterocycles. The van der Waals surface area contributed by atoms with E-state index in [4.69, 9.17) is 0 Å². The summed E-state index contributed by atoms with van der Waals surface area (Å²) in [6, 6.07) is 19.4. The van der Waals surface area contributed by atoms with Crippen LogP contribution in [0.5, 0.6) is 0 Å². The average Bonchev–Trinajstić information content (AvgIpc) is 3.06. The van der Waals surface area contributed by atoms with Crippen molar-refractivity contribution in [2.24, 2.45) is 11.3 Å². The van der Waals surface area contributed by atoms with Crippen LogP contribution in [0.15, 0.2) is 60.8 Å². The van der Waals surface area contributed by atoms with Crippen molar-refractivity contribution in [1.29, 1.82) is 0 Å². The van der Waals surface area contributed by atoms with Crippen molar-refractivity contribution in [2.75, 3.05) is 32.1 Å². The Labute approximate surface area is 301 Å². The molecule has 0 aliphatic carbocycles. The number of carbonyl (C=O) groups excluding carboxylic acids is 2. The third-order valence-electron chi connectivity index (χ3n) is 7.72. The van der Waals surface area contributed by atoms with Crippen molar-refractivity contribution < 1.29 is 9.59 Å². The number of unbranched alkanes of at least 4 members (excludes halogenated alkanes) is 1. The SMILES string of the molecule is CC.CC(C)(C)C.CCC(C)CCN(C(=O)c1cnc(C)nc1C)c1cccc(CCC(CCN(C)C)c2ccccc2)c1.CCCC=O. The molecule has 274 valence electrons. The van der Waals surface area contributed by atoms with Crippen LogP contribution in [0, 0.1) is 25.2 Å². The molecule has 49 heavy (non-hydrogen) atoms. The lowest BCUT2D eigenvalue weighted by molar-refractivity contribution is -0.107. The molecule has 0 saturated carbocycles. The Bertz CT molecular complexity index is 1290. The van der Waals surface area contributed by atoms with Crippen LogP contribution < -0.4 is 4.90 Å². The number of aldehydes is 1. The number of nitrogens with zero attached hydrogens (tertiary/aromatic N) is 4. The number of aromatic nitrogens is 2. The van der Waals surface area contributed by atoms with Gasteiger partial charge in [0.1, 0.15) is 12.1 Å². The molecule has 1 heterocycles. The maximum Gasteiger partial charge on any atom is 0.261 e. The van der Waals surface area contributed by atoms with Crippen molar-refractivity contribution in [3.8, 4) is 0 Å². The predicted molar refractivity (Wildman–Crippen MR) is 212 cm³/mol. The quantitative estimate of drug-likeness (QED) is 0.150. The minimum Gasteiger partial charge on any atom is -0.309 e. The van der Waals surface area contributed by atoms with E-state index < -0.39 is 0 Å². The van der Waals surface area contributed by atoms with Crippen LogP contribution in [0.25, 0.3) is 0 Å². The smallest absolute Gasteiger partial charge is 0.261 e. The van der Waals surface area contributed by atoms with Crippen LogP contribution >= 0.6 is 0 Å². The second-order valence-corrected chi connectivity index (χ2v) is 14.5. The molecule has 0 spiro atoms. The standard InChI is InChI=1S/C32H44N4O.C5H12.C4H8O.C2H6/c1-7-24(2)18-21-36(32(37)31-23-33-26(4)34-25(31)3)30-15-11-12-27(22-30)16-17-29(19-20-35(5)6)28-13-9-8-10-14-28;1-5(2,3)4;1-2-3-4-5;1-2/h8-15,22-24,29H,7,16-21H2,1-6H3;1-4H3;4H,2-3H2,1H3;1-2H3. The van der Waals surface area contributed by atoms with Crippen LogP contribution in [0.4, 0.5) is 5.69 Å². The van der Waals surface area contributed by atoms with Gasteiger partial charge in [0.15, 0.2) is 0 Å². The van der Waals surface area contributed by atoms with Gasteiger partial charge in [-0.15, -0.1) is 0 Å². The lowest BCUT2D eigenvalue weighted by Crippen LogP contribution is -2.33. The third kappa shape index (κ3) is 20.7. The molecule has 6 nitrogen and oxygen atoms in total. The molecule has 0 aliphatic heterocycles. The lowest BCUT2D eigenvalue weighted by Gasteiger charge is -2.25. The number of carbonyl (C=O) groups is 2.